The van der Waals surface area contributed by atoms with E-state index in [-0.39, 0.29) is 22.6 Å². The summed E-state index contributed by atoms with van der Waals surface area (Å²) >= 11 is 0. The Kier molecular flexibility index (Phi) is 3.94. The summed E-state index contributed by atoms with van der Waals surface area (Å²) in [4.78, 5) is 48.1. The van der Waals surface area contributed by atoms with Crippen LogP contribution in [0.3, 0.4) is 0 Å². The highest BCUT2D eigenvalue weighted by Gasteiger charge is 2.37. The van der Waals surface area contributed by atoms with Crippen molar-refractivity contribution in [1.29, 1.82) is 0 Å². The Morgan fingerprint density at radius 3 is 2.36 bits per heavy atom. The molecule has 2 aromatic rings. The van der Waals surface area contributed by atoms with E-state index < -0.39 is 23.8 Å². The van der Waals surface area contributed by atoms with E-state index in [0.29, 0.717) is 5.76 Å². The number of imide groups is 2. The van der Waals surface area contributed by atoms with Gasteiger partial charge in [-0.1, -0.05) is 12.1 Å². The molecule has 0 atom stereocenters. The van der Waals surface area contributed by atoms with Gasteiger partial charge in [0.05, 0.1) is 11.7 Å². The molecule has 1 aliphatic rings. The molecule has 25 heavy (non-hydrogen) atoms. The van der Waals surface area contributed by atoms with Gasteiger partial charge in [0.15, 0.2) is 0 Å². The van der Waals surface area contributed by atoms with Crippen molar-refractivity contribution in [2.45, 2.75) is 6.92 Å². The Hall–Kier alpha value is -3.68. The van der Waals surface area contributed by atoms with Crippen molar-refractivity contribution in [2.24, 2.45) is 0 Å². The average molecular weight is 339 g/mol. The number of carboxylic acids is 1. The van der Waals surface area contributed by atoms with Crippen molar-refractivity contribution < 1.29 is 28.7 Å². The van der Waals surface area contributed by atoms with Crippen molar-refractivity contribution in [2.75, 3.05) is 4.90 Å². The van der Waals surface area contributed by atoms with Crippen LogP contribution in [0.2, 0.25) is 0 Å². The highest BCUT2D eigenvalue weighted by atomic mass is 16.4. The lowest BCUT2D eigenvalue weighted by atomic mass is 10.1. The molecule has 126 valence electrons. The normalized spacial score (nSPS) is 16.3. The second kappa shape index (κ2) is 6.08. The number of benzene rings is 1. The molecule has 1 aromatic carbocycles. The predicted octanol–water partition coefficient (Wildman–Crippen LogP) is 0.618. The van der Waals surface area contributed by atoms with Crippen LogP contribution >= 0.6 is 0 Å². The largest absolute Gasteiger partial charge is 0.545 e. The van der Waals surface area contributed by atoms with Gasteiger partial charge in [-0.15, -0.1) is 0 Å². The molecular formula is C17H11N2O6-. The van der Waals surface area contributed by atoms with Crippen LogP contribution in [0.15, 0.2) is 46.4 Å². The Labute approximate surface area is 141 Å². The summed E-state index contributed by atoms with van der Waals surface area (Å²) in [7, 11) is 0. The number of furan rings is 1. The summed E-state index contributed by atoms with van der Waals surface area (Å²) < 4.78 is 5.31. The summed E-state index contributed by atoms with van der Waals surface area (Å²) in [5, 5.41) is 12.8. The van der Waals surface area contributed by atoms with Gasteiger partial charge in [0.25, 0.3) is 11.8 Å². The van der Waals surface area contributed by atoms with Crippen molar-refractivity contribution >= 4 is 35.6 Å². The standard InChI is InChI=1S/C17H12N2O6/c1-9-2-7-12(25-9)8-13-14(20)18-17(24)19(15(13)21)11-5-3-10(4-6-11)16(22)23/h2-8H,1H3,(H,22,23)(H,18,20,24)/p-1. The van der Waals surface area contributed by atoms with E-state index in [1.54, 1.807) is 19.1 Å². The third-order valence-electron chi connectivity index (χ3n) is 3.51. The fourth-order valence-electron chi connectivity index (χ4n) is 2.31. The lowest BCUT2D eigenvalue weighted by Crippen LogP contribution is -2.54. The first-order chi connectivity index (χ1) is 11.9. The van der Waals surface area contributed by atoms with E-state index in [1.807, 2.05) is 0 Å². The maximum atomic E-state index is 12.6. The number of aromatic carboxylic acids is 1. The van der Waals surface area contributed by atoms with Crippen LogP contribution in [0.5, 0.6) is 0 Å². The highest BCUT2D eigenvalue weighted by Crippen LogP contribution is 2.22. The van der Waals surface area contributed by atoms with Crippen LogP contribution < -0.4 is 15.3 Å². The number of hydrogen-bond donors (Lipinski definition) is 1. The molecule has 8 heteroatoms. The summed E-state index contributed by atoms with van der Waals surface area (Å²) in [5.41, 5.74) is -0.272. The number of anilines is 1. The van der Waals surface area contributed by atoms with Gasteiger partial charge in [-0.2, -0.15) is 0 Å². The smallest absolute Gasteiger partial charge is 0.335 e. The van der Waals surface area contributed by atoms with Gasteiger partial charge in [0.1, 0.15) is 17.1 Å². The minimum Gasteiger partial charge on any atom is -0.545 e. The Morgan fingerprint density at radius 1 is 1.12 bits per heavy atom. The number of barbiturate groups is 1. The van der Waals surface area contributed by atoms with Crippen molar-refractivity contribution in [1.82, 2.24) is 5.32 Å². The zero-order valence-corrected chi connectivity index (χ0v) is 12.9. The van der Waals surface area contributed by atoms with Crippen LogP contribution in [0.25, 0.3) is 6.08 Å². The SMILES string of the molecule is Cc1ccc(C=C2C(=O)NC(=O)N(c3ccc(C(=O)[O-])cc3)C2=O)o1. The highest BCUT2D eigenvalue weighted by molar-refractivity contribution is 6.39. The van der Waals surface area contributed by atoms with Crippen LogP contribution in [0, 0.1) is 6.92 Å². The molecule has 0 saturated carbocycles. The van der Waals surface area contributed by atoms with Crippen molar-refractivity contribution in [3.63, 3.8) is 0 Å². The Morgan fingerprint density at radius 2 is 1.80 bits per heavy atom. The monoisotopic (exact) mass is 339 g/mol. The van der Waals surface area contributed by atoms with Gasteiger partial charge in [0.2, 0.25) is 0 Å². The van der Waals surface area contributed by atoms with Crippen molar-refractivity contribution in [3.8, 4) is 0 Å². The molecule has 2 heterocycles. The maximum Gasteiger partial charge on any atom is 0.335 e. The molecule has 3 rings (SSSR count). The van der Waals surface area contributed by atoms with E-state index in [1.165, 1.54) is 30.3 Å². The number of rotatable bonds is 3. The fraction of sp³-hybridized carbons (Fsp3) is 0.0588. The molecule has 0 spiro atoms. The third kappa shape index (κ3) is 3.05. The van der Waals surface area contributed by atoms with Crippen molar-refractivity contribution in [3.05, 3.63) is 59.1 Å². The number of hydrogen-bond acceptors (Lipinski definition) is 6. The number of carboxylic acid groups (broad SMARTS) is 1. The van der Waals surface area contributed by atoms with Gasteiger partial charge in [-0.05, 0) is 42.8 Å². The Balaban J connectivity index is 1.98. The number of carbonyl (C=O) groups excluding carboxylic acids is 4. The molecule has 4 amide bonds. The predicted molar refractivity (Wildman–Crippen MR) is 83.2 cm³/mol. The molecule has 1 aromatic heterocycles. The topological polar surface area (TPSA) is 120 Å². The molecule has 1 fully saturated rings. The second-order valence-electron chi connectivity index (χ2n) is 5.24. The lowest BCUT2D eigenvalue weighted by Gasteiger charge is -2.26. The van der Waals surface area contributed by atoms with E-state index in [4.69, 9.17) is 4.42 Å². The van der Waals surface area contributed by atoms with Gasteiger partial charge < -0.3 is 14.3 Å². The molecule has 1 N–H and O–H groups in total. The Bertz CT molecular complexity index is 923. The van der Waals surface area contributed by atoms with E-state index in [2.05, 4.69) is 5.32 Å². The maximum absolute atomic E-state index is 12.6. The molecule has 8 nitrogen and oxygen atoms in total. The van der Waals surface area contributed by atoms with Gasteiger partial charge in [0, 0.05) is 0 Å². The molecule has 1 saturated heterocycles. The van der Waals surface area contributed by atoms with Crippen LogP contribution in [-0.4, -0.2) is 23.8 Å². The number of urea groups is 1. The first-order valence-electron chi connectivity index (χ1n) is 7.16. The third-order valence-corrected chi connectivity index (χ3v) is 3.51. The summed E-state index contributed by atoms with van der Waals surface area (Å²) in [6.07, 6.45) is 1.24. The first-order valence-corrected chi connectivity index (χ1v) is 7.16. The van der Waals surface area contributed by atoms with Crippen LogP contribution in [0.1, 0.15) is 21.9 Å². The number of aryl methyl sites for hydroxylation is 1. The number of nitrogens with one attached hydrogen (secondary N) is 1. The second-order valence-corrected chi connectivity index (χ2v) is 5.24. The minimum absolute atomic E-state index is 0.105. The molecule has 0 unspecified atom stereocenters. The minimum atomic E-state index is -1.38. The number of carbonyl (C=O) groups is 4. The van der Waals surface area contributed by atoms with Gasteiger partial charge in [-0.3, -0.25) is 14.9 Å². The average Bonchev–Trinajstić information content (AvgIpc) is 2.97. The molecule has 0 radical (unpaired) electrons. The quantitative estimate of drug-likeness (QED) is 0.646. The van der Waals surface area contributed by atoms with E-state index in [9.17, 15) is 24.3 Å². The zero-order chi connectivity index (χ0) is 18.1. The summed E-state index contributed by atoms with van der Waals surface area (Å²) in [6, 6.07) is 7.25. The summed E-state index contributed by atoms with van der Waals surface area (Å²) in [5.74, 6) is -2.18. The van der Waals surface area contributed by atoms with Crippen LogP contribution in [0.4, 0.5) is 10.5 Å². The molecular weight excluding hydrogens is 328 g/mol. The lowest BCUT2D eigenvalue weighted by molar-refractivity contribution is -0.255. The fourth-order valence-corrected chi connectivity index (χ4v) is 2.31. The summed E-state index contributed by atoms with van der Waals surface area (Å²) in [6.45, 7) is 1.71. The zero-order valence-electron chi connectivity index (χ0n) is 12.9. The number of nitrogens with zero attached hydrogens (tertiary/aromatic N) is 1. The molecule has 1 aliphatic heterocycles. The molecule has 0 aliphatic carbocycles. The van der Waals surface area contributed by atoms with Gasteiger partial charge in [-0.25, -0.2) is 9.69 Å². The van der Waals surface area contributed by atoms with E-state index >= 15 is 0 Å². The van der Waals surface area contributed by atoms with Crippen LogP contribution in [-0.2, 0) is 9.59 Å². The van der Waals surface area contributed by atoms with E-state index in [0.717, 1.165) is 4.90 Å². The first kappa shape index (κ1) is 16.2. The van der Waals surface area contributed by atoms with Gasteiger partial charge >= 0.3 is 6.03 Å². The number of amides is 4. The molecule has 0 bridgehead atoms.